The van der Waals surface area contributed by atoms with Gasteiger partial charge in [-0.2, -0.15) is 0 Å². The fourth-order valence-electron chi connectivity index (χ4n) is 1.42. The summed E-state index contributed by atoms with van der Waals surface area (Å²) in [6, 6.07) is 2.83. The number of aryl methyl sites for hydroxylation is 1. The molecule has 1 aromatic rings. The fourth-order valence-corrected chi connectivity index (χ4v) is 1.42. The lowest BCUT2D eigenvalue weighted by Crippen LogP contribution is -2.09. The maximum absolute atomic E-state index is 5.79. The Bertz CT molecular complexity index is 329. The quantitative estimate of drug-likeness (QED) is 0.768. The lowest BCUT2D eigenvalue weighted by molar-refractivity contribution is 0.809. The smallest absolute Gasteiger partial charge is 0.129 e. The number of hydrogen-bond acceptors (Lipinski definition) is 3. The second-order valence-electron chi connectivity index (χ2n) is 4.14. The van der Waals surface area contributed by atoms with E-state index in [1.165, 1.54) is 18.4 Å². The van der Waals surface area contributed by atoms with Crippen LogP contribution in [-0.2, 0) is 0 Å². The Kier molecular flexibility index (Phi) is 2.42. The van der Waals surface area contributed by atoms with E-state index in [2.05, 4.69) is 23.3 Å². The topological polar surface area (TPSA) is 50.9 Å². The van der Waals surface area contributed by atoms with Crippen LogP contribution in [0, 0.1) is 6.92 Å². The standard InChI is InChI=1S/C11H17N3/c1-7-5-9(8(2)12)6-13-11(7)14-10-3-4-10/h5-6,8,10H,3-4,12H2,1-2H3,(H,13,14)/t8-/m1/s1. The van der Waals surface area contributed by atoms with E-state index < -0.39 is 0 Å². The Hall–Kier alpha value is -1.09. The average molecular weight is 191 g/mol. The second kappa shape index (κ2) is 3.58. The molecule has 3 N–H and O–H groups in total. The number of anilines is 1. The van der Waals surface area contributed by atoms with E-state index in [4.69, 9.17) is 5.73 Å². The predicted molar refractivity (Wildman–Crippen MR) is 58.2 cm³/mol. The summed E-state index contributed by atoms with van der Waals surface area (Å²) in [5, 5.41) is 3.40. The number of rotatable bonds is 3. The molecule has 0 amide bonds. The molecule has 1 atom stereocenters. The molecule has 2 rings (SSSR count). The van der Waals surface area contributed by atoms with Crippen LogP contribution < -0.4 is 11.1 Å². The summed E-state index contributed by atoms with van der Waals surface area (Å²) < 4.78 is 0. The zero-order chi connectivity index (χ0) is 10.1. The van der Waals surface area contributed by atoms with Crippen LogP contribution in [0.15, 0.2) is 12.3 Å². The van der Waals surface area contributed by atoms with Crippen molar-refractivity contribution in [3.63, 3.8) is 0 Å². The van der Waals surface area contributed by atoms with E-state index in [0.717, 1.165) is 11.4 Å². The van der Waals surface area contributed by atoms with E-state index in [-0.39, 0.29) is 6.04 Å². The molecule has 0 saturated heterocycles. The molecule has 0 radical (unpaired) electrons. The molecule has 0 unspecified atom stereocenters. The first-order chi connectivity index (χ1) is 6.66. The van der Waals surface area contributed by atoms with E-state index >= 15 is 0 Å². The number of nitrogens with zero attached hydrogens (tertiary/aromatic N) is 1. The van der Waals surface area contributed by atoms with E-state index in [1.807, 2.05) is 13.1 Å². The Balaban J connectivity index is 2.17. The minimum absolute atomic E-state index is 0.0659. The molecule has 0 spiro atoms. The summed E-state index contributed by atoms with van der Waals surface area (Å²) in [6.07, 6.45) is 4.41. The van der Waals surface area contributed by atoms with Crippen LogP contribution in [0.5, 0.6) is 0 Å². The summed E-state index contributed by atoms with van der Waals surface area (Å²) >= 11 is 0. The number of nitrogens with one attached hydrogen (secondary N) is 1. The molecule has 0 aliphatic heterocycles. The molecule has 0 aromatic carbocycles. The third-order valence-corrected chi connectivity index (χ3v) is 2.54. The molecule has 1 aliphatic rings. The van der Waals surface area contributed by atoms with Crippen molar-refractivity contribution in [1.82, 2.24) is 4.98 Å². The maximum atomic E-state index is 5.79. The summed E-state index contributed by atoms with van der Waals surface area (Å²) in [7, 11) is 0. The Morgan fingerprint density at radius 3 is 2.79 bits per heavy atom. The van der Waals surface area contributed by atoms with Gasteiger partial charge >= 0.3 is 0 Å². The highest BCUT2D eigenvalue weighted by Crippen LogP contribution is 2.25. The molecule has 76 valence electrons. The molecule has 1 heterocycles. The van der Waals surface area contributed by atoms with Gasteiger partial charge in [0.15, 0.2) is 0 Å². The van der Waals surface area contributed by atoms with Gasteiger partial charge in [0, 0.05) is 18.3 Å². The monoisotopic (exact) mass is 191 g/mol. The molecule has 0 bridgehead atoms. The third-order valence-electron chi connectivity index (χ3n) is 2.54. The fraction of sp³-hybridized carbons (Fsp3) is 0.545. The molecule has 1 saturated carbocycles. The lowest BCUT2D eigenvalue weighted by Gasteiger charge is -2.10. The minimum Gasteiger partial charge on any atom is -0.367 e. The Labute approximate surface area is 84.7 Å². The SMILES string of the molecule is Cc1cc([C@@H](C)N)cnc1NC1CC1. The van der Waals surface area contributed by atoms with Crippen molar-refractivity contribution in [3.05, 3.63) is 23.4 Å². The van der Waals surface area contributed by atoms with Gasteiger partial charge in [-0.1, -0.05) is 0 Å². The van der Waals surface area contributed by atoms with Crippen LogP contribution in [0.25, 0.3) is 0 Å². The van der Waals surface area contributed by atoms with Crippen LogP contribution >= 0.6 is 0 Å². The van der Waals surface area contributed by atoms with Crippen LogP contribution in [0.3, 0.4) is 0 Å². The molecule has 3 heteroatoms. The van der Waals surface area contributed by atoms with E-state index in [9.17, 15) is 0 Å². The van der Waals surface area contributed by atoms with Crippen molar-refractivity contribution in [2.75, 3.05) is 5.32 Å². The number of hydrogen-bond donors (Lipinski definition) is 2. The van der Waals surface area contributed by atoms with Crippen LogP contribution in [0.1, 0.15) is 36.9 Å². The third kappa shape index (κ3) is 2.04. The minimum atomic E-state index is 0.0659. The van der Waals surface area contributed by atoms with Gasteiger partial charge in [-0.3, -0.25) is 0 Å². The van der Waals surface area contributed by atoms with Crippen molar-refractivity contribution in [1.29, 1.82) is 0 Å². The van der Waals surface area contributed by atoms with E-state index in [0.29, 0.717) is 6.04 Å². The summed E-state index contributed by atoms with van der Waals surface area (Å²) in [6.45, 7) is 4.05. The van der Waals surface area contributed by atoms with Crippen molar-refractivity contribution in [3.8, 4) is 0 Å². The Morgan fingerprint density at radius 1 is 1.57 bits per heavy atom. The van der Waals surface area contributed by atoms with Crippen molar-refractivity contribution in [2.45, 2.75) is 38.8 Å². The van der Waals surface area contributed by atoms with Gasteiger partial charge in [0.1, 0.15) is 5.82 Å². The van der Waals surface area contributed by atoms with Gasteiger partial charge in [0.2, 0.25) is 0 Å². The first-order valence-corrected chi connectivity index (χ1v) is 5.15. The van der Waals surface area contributed by atoms with E-state index in [1.54, 1.807) is 0 Å². The summed E-state index contributed by atoms with van der Waals surface area (Å²) in [5.74, 6) is 1.01. The van der Waals surface area contributed by atoms with Gasteiger partial charge in [-0.05, 0) is 43.9 Å². The van der Waals surface area contributed by atoms with Gasteiger partial charge < -0.3 is 11.1 Å². The van der Waals surface area contributed by atoms with Gasteiger partial charge in [0.05, 0.1) is 0 Å². The number of aromatic nitrogens is 1. The highest BCUT2D eigenvalue weighted by molar-refractivity contribution is 5.46. The molecular formula is C11H17N3. The largest absolute Gasteiger partial charge is 0.367 e. The first kappa shape index (κ1) is 9.46. The summed E-state index contributed by atoms with van der Waals surface area (Å²) in [5.41, 5.74) is 8.07. The summed E-state index contributed by atoms with van der Waals surface area (Å²) in [4.78, 5) is 4.39. The molecule has 1 aliphatic carbocycles. The maximum Gasteiger partial charge on any atom is 0.129 e. The van der Waals surface area contributed by atoms with Crippen molar-refractivity contribution in [2.24, 2.45) is 5.73 Å². The number of pyridine rings is 1. The number of nitrogens with two attached hydrogens (primary N) is 1. The van der Waals surface area contributed by atoms with Crippen LogP contribution in [0.2, 0.25) is 0 Å². The molecule has 14 heavy (non-hydrogen) atoms. The zero-order valence-electron chi connectivity index (χ0n) is 8.75. The van der Waals surface area contributed by atoms with Gasteiger partial charge in [-0.25, -0.2) is 4.98 Å². The molecule has 1 aromatic heterocycles. The zero-order valence-corrected chi connectivity index (χ0v) is 8.75. The van der Waals surface area contributed by atoms with Crippen molar-refractivity contribution < 1.29 is 0 Å². The average Bonchev–Trinajstić information content (AvgIpc) is 2.92. The van der Waals surface area contributed by atoms with Crippen molar-refractivity contribution >= 4 is 5.82 Å². The first-order valence-electron chi connectivity index (χ1n) is 5.15. The normalized spacial score (nSPS) is 17.9. The highest BCUT2D eigenvalue weighted by Gasteiger charge is 2.21. The predicted octanol–water partition coefficient (Wildman–Crippen LogP) is 1.98. The Morgan fingerprint density at radius 2 is 2.29 bits per heavy atom. The molecular weight excluding hydrogens is 174 g/mol. The van der Waals surface area contributed by atoms with Gasteiger partial charge in [-0.15, -0.1) is 0 Å². The lowest BCUT2D eigenvalue weighted by atomic mass is 10.1. The van der Waals surface area contributed by atoms with Crippen LogP contribution in [0.4, 0.5) is 5.82 Å². The second-order valence-corrected chi connectivity index (χ2v) is 4.14. The molecule has 3 nitrogen and oxygen atoms in total. The van der Waals surface area contributed by atoms with Crippen LogP contribution in [-0.4, -0.2) is 11.0 Å². The molecule has 1 fully saturated rings. The van der Waals surface area contributed by atoms with Gasteiger partial charge in [0.25, 0.3) is 0 Å². The highest BCUT2D eigenvalue weighted by atomic mass is 15.0.